The summed E-state index contributed by atoms with van der Waals surface area (Å²) in [5, 5.41) is 0. The quantitative estimate of drug-likeness (QED) is 0.241. The van der Waals surface area contributed by atoms with Gasteiger partial charge in [-0.2, -0.15) is 4.39 Å². The van der Waals surface area contributed by atoms with Gasteiger partial charge in [0.2, 0.25) is 5.82 Å². The van der Waals surface area contributed by atoms with E-state index in [2.05, 4.69) is 6.92 Å². The summed E-state index contributed by atoms with van der Waals surface area (Å²) in [6.45, 7) is 2.26. The number of rotatable bonds is 9. The Bertz CT molecular complexity index is 808. The minimum Gasteiger partial charge on any atom is -0.420 e. The summed E-state index contributed by atoms with van der Waals surface area (Å²) < 4.78 is 31.9. The summed E-state index contributed by atoms with van der Waals surface area (Å²) >= 11 is 0. The summed E-state index contributed by atoms with van der Waals surface area (Å²) in [4.78, 5) is 12.2. The van der Waals surface area contributed by atoms with Crippen molar-refractivity contribution < 1.29 is 18.3 Å². The third-order valence-electron chi connectivity index (χ3n) is 6.33. The SMILES string of the molecule is CCCCCC1CCC(CCc2ccc(C(=O)Oc3cccc(F)c3F)cc2)CC1. The maximum atomic E-state index is 13.7. The number of benzene rings is 2. The zero-order chi connectivity index (χ0) is 21.3. The lowest BCUT2D eigenvalue weighted by Gasteiger charge is -2.28. The van der Waals surface area contributed by atoms with Gasteiger partial charge in [0.1, 0.15) is 0 Å². The van der Waals surface area contributed by atoms with Crippen LogP contribution in [0.15, 0.2) is 42.5 Å². The van der Waals surface area contributed by atoms with Crippen molar-refractivity contribution in [3.8, 4) is 5.75 Å². The van der Waals surface area contributed by atoms with Crippen LogP contribution in [0.2, 0.25) is 0 Å². The van der Waals surface area contributed by atoms with Gasteiger partial charge in [0.15, 0.2) is 11.6 Å². The molecule has 0 heterocycles. The number of carbonyl (C=O) groups excluding carboxylic acids is 1. The third kappa shape index (κ3) is 6.38. The van der Waals surface area contributed by atoms with Crippen LogP contribution < -0.4 is 4.74 Å². The van der Waals surface area contributed by atoms with Crippen LogP contribution in [0.5, 0.6) is 5.75 Å². The molecule has 3 rings (SSSR count). The first-order valence-electron chi connectivity index (χ1n) is 11.3. The van der Waals surface area contributed by atoms with E-state index in [1.165, 1.54) is 75.5 Å². The first-order valence-corrected chi connectivity index (χ1v) is 11.3. The Kier molecular flexibility index (Phi) is 8.41. The molecule has 0 N–H and O–H groups in total. The molecule has 0 radical (unpaired) electrons. The Morgan fingerprint density at radius 2 is 1.60 bits per heavy atom. The molecule has 1 aliphatic rings. The van der Waals surface area contributed by atoms with Gasteiger partial charge in [0.05, 0.1) is 5.56 Å². The maximum Gasteiger partial charge on any atom is 0.343 e. The highest BCUT2D eigenvalue weighted by molar-refractivity contribution is 5.91. The zero-order valence-corrected chi connectivity index (χ0v) is 17.8. The highest BCUT2D eigenvalue weighted by Gasteiger charge is 2.21. The number of esters is 1. The zero-order valence-electron chi connectivity index (χ0n) is 17.8. The Labute approximate surface area is 178 Å². The molecular formula is C26H32F2O2. The normalized spacial score (nSPS) is 18.9. The van der Waals surface area contributed by atoms with Crippen molar-refractivity contribution >= 4 is 5.97 Å². The molecule has 162 valence electrons. The minimum atomic E-state index is -1.15. The van der Waals surface area contributed by atoms with E-state index in [9.17, 15) is 13.6 Å². The van der Waals surface area contributed by atoms with Crippen molar-refractivity contribution in [1.29, 1.82) is 0 Å². The number of ether oxygens (including phenoxy) is 1. The van der Waals surface area contributed by atoms with Crippen LogP contribution in [0.1, 0.15) is 80.6 Å². The summed E-state index contributed by atoms with van der Waals surface area (Å²) in [5.41, 5.74) is 1.52. The fourth-order valence-corrected chi connectivity index (χ4v) is 4.39. The molecule has 1 saturated carbocycles. The maximum absolute atomic E-state index is 13.7. The lowest BCUT2D eigenvalue weighted by molar-refractivity contribution is 0.0726. The second-order valence-electron chi connectivity index (χ2n) is 8.56. The van der Waals surface area contributed by atoms with Crippen molar-refractivity contribution in [3.05, 3.63) is 65.2 Å². The molecule has 2 aromatic carbocycles. The fourth-order valence-electron chi connectivity index (χ4n) is 4.39. The first-order chi connectivity index (χ1) is 14.6. The van der Waals surface area contributed by atoms with Gasteiger partial charge >= 0.3 is 5.97 Å². The van der Waals surface area contributed by atoms with Gasteiger partial charge in [-0.15, -0.1) is 0 Å². The van der Waals surface area contributed by atoms with Gasteiger partial charge in [-0.05, 0) is 54.5 Å². The van der Waals surface area contributed by atoms with Gasteiger partial charge in [0, 0.05) is 0 Å². The van der Waals surface area contributed by atoms with E-state index in [1.807, 2.05) is 12.1 Å². The van der Waals surface area contributed by atoms with Crippen LogP contribution in [0.3, 0.4) is 0 Å². The van der Waals surface area contributed by atoms with Crippen LogP contribution in [0, 0.1) is 23.5 Å². The highest BCUT2D eigenvalue weighted by atomic mass is 19.2. The Morgan fingerprint density at radius 3 is 2.27 bits per heavy atom. The van der Waals surface area contributed by atoms with E-state index >= 15 is 0 Å². The topological polar surface area (TPSA) is 26.3 Å². The standard InChI is InChI=1S/C26H32F2O2/c1-2-3-4-6-19-9-11-20(12-10-19)13-14-21-15-17-22(18-16-21)26(29)30-24-8-5-7-23(27)25(24)28/h5,7-8,15-20H,2-4,6,9-14H2,1H3. The molecule has 0 atom stereocenters. The van der Waals surface area contributed by atoms with Crippen molar-refractivity contribution in [2.45, 2.75) is 71.1 Å². The van der Waals surface area contributed by atoms with Gasteiger partial charge < -0.3 is 4.74 Å². The van der Waals surface area contributed by atoms with Gasteiger partial charge in [0.25, 0.3) is 0 Å². The molecule has 1 fully saturated rings. The van der Waals surface area contributed by atoms with Crippen LogP contribution >= 0.6 is 0 Å². The molecule has 0 unspecified atom stereocenters. The Hall–Kier alpha value is -2.23. The summed E-state index contributed by atoms with van der Waals surface area (Å²) in [6.07, 6.45) is 13.0. The summed E-state index contributed by atoms with van der Waals surface area (Å²) in [6, 6.07) is 10.8. The van der Waals surface area contributed by atoms with Crippen molar-refractivity contribution in [3.63, 3.8) is 0 Å². The van der Waals surface area contributed by atoms with Crippen LogP contribution in [-0.4, -0.2) is 5.97 Å². The predicted octanol–water partition coefficient (Wildman–Crippen LogP) is 7.50. The minimum absolute atomic E-state index is 0.329. The molecule has 0 saturated heterocycles. The highest BCUT2D eigenvalue weighted by Crippen LogP contribution is 2.34. The van der Waals surface area contributed by atoms with E-state index in [4.69, 9.17) is 4.74 Å². The van der Waals surface area contributed by atoms with Crippen LogP contribution in [0.25, 0.3) is 0 Å². The molecule has 0 aromatic heterocycles. The second-order valence-corrected chi connectivity index (χ2v) is 8.56. The first kappa shape index (κ1) is 22.5. The molecule has 2 nitrogen and oxygen atoms in total. The van der Waals surface area contributed by atoms with Crippen LogP contribution in [-0.2, 0) is 6.42 Å². The van der Waals surface area contributed by atoms with E-state index in [0.717, 1.165) is 24.3 Å². The summed E-state index contributed by atoms with van der Waals surface area (Å²) in [7, 11) is 0. The number of hydrogen-bond donors (Lipinski definition) is 0. The molecule has 0 bridgehead atoms. The van der Waals surface area contributed by atoms with E-state index in [1.54, 1.807) is 12.1 Å². The Balaban J connectivity index is 1.44. The molecule has 30 heavy (non-hydrogen) atoms. The smallest absolute Gasteiger partial charge is 0.343 e. The molecule has 1 aliphatic carbocycles. The molecule has 0 amide bonds. The number of hydrogen-bond acceptors (Lipinski definition) is 2. The fraction of sp³-hybridized carbons (Fsp3) is 0.500. The average Bonchev–Trinajstić information content (AvgIpc) is 2.77. The molecule has 0 spiro atoms. The summed E-state index contributed by atoms with van der Waals surface area (Å²) in [5.74, 6) is -1.54. The molecule has 2 aromatic rings. The lowest BCUT2D eigenvalue weighted by Crippen LogP contribution is -2.15. The van der Waals surface area contributed by atoms with Crippen molar-refractivity contribution in [1.82, 2.24) is 0 Å². The third-order valence-corrected chi connectivity index (χ3v) is 6.33. The van der Waals surface area contributed by atoms with Gasteiger partial charge in [-0.3, -0.25) is 0 Å². The number of halogens is 2. The van der Waals surface area contributed by atoms with Gasteiger partial charge in [-0.1, -0.05) is 76.5 Å². The van der Waals surface area contributed by atoms with E-state index < -0.39 is 23.4 Å². The van der Waals surface area contributed by atoms with E-state index in [0.29, 0.717) is 5.56 Å². The van der Waals surface area contributed by atoms with Crippen LogP contribution in [0.4, 0.5) is 8.78 Å². The average molecular weight is 415 g/mol. The van der Waals surface area contributed by atoms with Crippen molar-refractivity contribution in [2.24, 2.45) is 11.8 Å². The van der Waals surface area contributed by atoms with Crippen molar-refractivity contribution in [2.75, 3.05) is 0 Å². The second kappa shape index (κ2) is 11.2. The lowest BCUT2D eigenvalue weighted by atomic mass is 9.78. The largest absolute Gasteiger partial charge is 0.420 e. The number of carbonyl (C=O) groups is 1. The molecular weight excluding hydrogens is 382 g/mol. The monoisotopic (exact) mass is 414 g/mol. The van der Waals surface area contributed by atoms with Gasteiger partial charge in [-0.25, -0.2) is 9.18 Å². The predicted molar refractivity (Wildman–Crippen MR) is 116 cm³/mol. The Morgan fingerprint density at radius 1 is 0.933 bits per heavy atom. The number of unbranched alkanes of at least 4 members (excludes halogenated alkanes) is 2. The molecule has 0 aliphatic heterocycles. The molecule has 4 heteroatoms. The van der Waals surface area contributed by atoms with E-state index in [-0.39, 0.29) is 0 Å². The number of aryl methyl sites for hydroxylation is 1.